The predicted octanol–water partition coefficient (Wildman–Crippen LogP) is -0.201. The summed E-state index contributed by atoms with van der Waals surface area (Å²) in [5.41, 5.74) is 0. The van der Waals surface area contributed by atoms with Crippen LogP contribution in [0.4, 0.5) is 4.79 Å². The Balaban J connectivity index is 1.69. The number of hydroxylamine groups is 2. The number of nitrogens with two attached hydrogens (primary N) is 1. The van der Waals surface area contributed by atoms with Crippen molar-refractivity contribution in [1.29, 1.82) is 0 Å². The van der Waals surface area contributed by atoms with Crippen LogP contribution in [0, 0.1) is 5.92 Å². The van der Waals surface area contributed by atoms with Crippen molar-refractivity contribution < 1.29 is 31.6 Å². The normalized spacial score (nSPS) is 26.9. The Hall–Kier alpha value is -1.76. The summed E-state index contributed by atoms with van der Waals surface area (Å²) < 4.78 is 34.9. The van der Waals surface area contributed by atoms with E-state index in [-0.39, 0.29) is 25.3 Å². The molecule has 2 bridgehead atoms. The Labute approximate surface area is 150 Å². The molecule has 0 aromatic heterocycles. The Kier molecular flexibility index (Phi) is 5.19. The predicted molar refractivity (Wildman–Crippen MR) is 86.0 cm³/mol. The zero-order chi connectivity index (χ0) is 19.1. The van der Waals surface area contributed by atoms with E-state index in [0.717, 1.165) is 24.2 Å². The van der Waals surface area contributed by atoms with Gasteiger partial charge in [0.25, 0.3) is 5.91 Å². The second-order valence-electron chi connectivity index (χ2n) is 6.89. The third-order valence-electron chi connectivity index (χ3n) is 5.21. The third kappa shape index (κ3) is 3.68. The molecule has 12 heteroatoms. The molecule has 26 heavy (non-hydrogen) atoms. The molecule has 2 heterocycles. The minimum absolute atomic E-state index is 0.0518. The lowest BCUT2D eigenvalue weighted by atomic mass is 9.88. The van der Waals surface area contributed by atoms with Gasteiger partial charge in [-0.25, -0.2) is 15.6 Å². The number of carbonyl (C=O) groups is 3. The maximum Gasteiger partial charge on any atom is 0.418 e. The Morgan fingerprint density at radius 2 is 1.77 bits per heavy atom. The lowest BCUT2D eigenvalue weighted by Gasteiger charge is -2.32. The SMILES string of the molecule is NN(C(=O)C1CCCCC1)C(=O)[C@@H]1CC[C@@H]2CN1C(=O)N2OS(=O)(=O)O. The molecule has 11 nitrogen and oxygen atoms in total. The average molecular weight is 390 g/mol. The van der Waals surface area contributed by atoms with Crippen molar-refractivity contribution in [3.63, 3.8) is 0 Å². The smallest absolute Gasteiger partial charge is 0.309 e. The van der Waals surface area contributed by atoms with Crippen molar-refractivity contribution in [2.24, 2.45) is 11.8 Å². The van der Waals surface area contributed by atoms with E-state index in [1.165, 1.54) is 0 Å². The van der Waals surface area contributed by atoms with Gasteiger partial charge in [0, 0.05) is 12.5 Å². The van der Waals surface area contributed by atoms with Crippen LogP contribution in [0.2, 0.25) is 0 Å². The summed E-state index contributed by atoms with van der Waals surface area (Å²) in [6, 6.07) is -2.43. The van der Waals surface area contributed by atoms with Gasteiger partial charge in [0.15, 0.2) is 0 Å². The summed E-state index contributed by atoms with van der Waals surface area (Å²) in [6.45, 7) is 0.0518. The Bertz CT molecular complexity index is 706. The number of rotatable bonds is 4. The minimum Gasteiger partial charge on any atom is -0.309 e. The first kappa shape index (κ1) is 19.0. The van der Waals surface area contributed by atoms with Crippen LogP contribution in [-0.2, 0) is 24.3 Å². The molecule has 1 aliphatic carbocycles. The van der Waals surface area contributed by atoms with Crippen LogP contribution in [0.25, 0.3) is 0 Å². The van der Waals surface area contributed by atoms with Gasteiger partial charge in [0.1, 0.15) is 6.04 Å². The van der Waals surface area contributed by atoms with Gasteiger partial charge in [-0.1, -0.05) is 19.3 Å². The van der Waals surface area contributed by atoms with E-state index >= 15 is 0 Å². The molecule has 3 rings (SSSR count). The van der Waals surface area contributed by atoms with Gasteiger partial charge in [-0.2, -0.15) is 13.5 Å². The van der Waals surface area contributed by atoms with E-state index in [2.05, 4.69) is 4.28 Å². The largest absolute Gasteiger partial charge is 0.418 e. The molecule has 0 aromatic rings. The maximum absolute atomic E-state index is 12.7. The first-order chi connectivity index (χ1) is 12.2. The van der Waals surface area contributed by atoms with Crippen molar-refractivity contribution in [2.45, 2.75) is 57.0 Å². The first-order valence-electron chi connectivity index (χ1n) is 8.58. The highest BCUT2D eigenvalue weighted by molar-refractivity contribution is 7.80. The number of imide groups is 1. The quantitative estimate of drug-likeness (QED) is 0.220. The molecule has 2 aliphatic heterocycles. The molecule has 0 spiro atoms. The summed E-state index contributed by atoms with van der Waals surface area (Å²) >= 11 is 0. The topological polar surface area (TPSA) is 151 Å². The van der Waals surface area contributed by atoms with Crippen LogP contribution in [0.5, 0.6) is 0 Å². The minimum atomic E-state index is -4.86. The van der Waals surface area contributed by atoms with Gasteiger partial charge in [-0.3, -0.25) is 14.1 Å². The molecule has 2 atom stereocenters. The standard InChI is InChI=1S/C14H22N4O7S/c15-17(12(19)9-4-2-1-3-5-9)13(20)11-7-6-10-8-16(11)14(21)18(10)25-26(22,23)24/h9-11H,1-8,15H2,(H,22,23,24)/t10-,11+/m1/s1. The van der Waals surface area contributed by atoms with Crippen molar-refractivity contribution in [2.75, 3.05) is 6.54 Å². The monoisotopic (exact) mass is 390 g/mol. The number of piperidine rings is 1. The number of hydrogen-bond acceptors (Lipinski definition) is 7. The molecule has 0 aromatic carbocycles. The van der Waals surface area contributed by atoms with Gasteiger partial charge < -0.3 is 4.90 Å². The number of carbonyl (C=O) groups excluding carboxylic acids is 3. The Morgan fingerprint density at radius 1 is 1.12 bits per heavy atom. The zero-order valence-corrected chi connectivity index (χ0v) is 14.9. The number of hydrogen-bond donors (Lipinski definition) is 2. The van der Waals surface area contributed by atoms with Gasteiger partial charge in [0.2, 0.25) is 5.91 Å². The summed E-state index contributed by atoms with van der Waals surface area (Å²) in [5.74, 6) is 4.32. The maximum atomic E-state index is 12.7. The van der Waals surface area contributed by atoms with Crippen molar-refractivity contribution in [3.8, 4) is 0 Å². The Morgan fingerprint density at radius 3 is 2.38 bits per heavy atom. The second-order valence-corrected chi connectivity index (χ2v) is 7.90. The van der Waals surface area contributed by atoms with Crippen molar-refractivity contribution in [3.05, 3.63) is 0 Å². The van der Waals surface area contributed by atoms with E-state index in [1.807, 2.05) is 0 Å². The number of hydrazine groups is 1. The van der Waals surface area contributed by atoms with Crippen molar-refractivity contribution in [1.82, 2.24) is 15.0 Å². The molecule has 0 radical (unpaired) electrons. The van der Waals surface area contributed by atoms with Crippen LogP contribution in [0.1, 0.15) is 44.9 Å². The highest BCUT2D eigenvalue weighted by atomic mass is 32.3. The number of amides is 4. The van der Waals surface area contributed by atoms with Crippen molar-refractivity contribution >= 4 is 28.2 Å². The molecule has 2 saturated heterocycles. The fraction of sp³-hybridized carbons (Fsp3) is 0.786. The number of fused-ring (bicyclic) bond motifs is 2. The fourth-order valence-corrected chi connectivity index (χ4v) is 4.29. The summed E-state index contributed by atoms with van der Waals surface area (Å²) in [5, 5.41) is 1.15. The van der Waals surface area contributed by atoms with E-state index in [1.54, 1.807) is 0 Å². The first-order valence-corrected chi connectivity index (χ1v) is 9.95. The van der Waals surface area contributed by atoms with Gasteiger partial charge in [0.05, 0.1) is 6.04 Å². The van der Waals surface area contributed by atoms with E-state index in [9.17, 15) is 22.8 Å². The molecule has 3 aliphatic rings. The van der Waals surface area contributed by atoms with Crippen LogP contribution in [0.3, 0.4) is 0 Å². The van der Waals surface area contributed by atoms with Crippen LogP contribution < -0.4 is 5.84 Å². The zero-order valence-electron chi connectivity index (χ0n) is 14.1. The van der Waals surface area contributed by atoms with Crippen LogP contribution in [-0.4, -0.2) is 64.4 Å². The summed E-state index contributed by atoms with van der Waals surface area (Å²) in [6.07, 6.45) is 4.74. The molecular formula is C14H22N4O7S. The van der Waals surface area contributed by atoms with E-state index in [4.69, 9.17) is 10.4 Å². The third-order valence-corrected chi connectivity index (χ3v) is 5.56. The second kappa shape index (κ2) is 7.10. The van der Waals surface area contributed by atoms with E-state index in [0.29, 0.717) is 22.9 Å². The number of nitrogens with zero attached hydrogens (tertiary/aromatic N) is 3. The van der Waals surface area contributed by atoms with E-state index < -0.39 is 40.3 Å². The van der Waals surface area contributed by atoms with Gasteiger partial charge >= 0.3 is 16.4 Å². The molecule has 1 saturated carbocycles. The van der Waals surface area contributed by atoms with Crippen LogP contribution in [0.15, 0.2) is 0 Å². The summed E-state index contributed by atoms with van der Waals surface area (Å²) in [4.78, 5) is 38.6. The molecule has 146 valence electrons. The molecule has 3 N–H and O–H groups in total. The summed E-state index contributed by atoms with van der Waals surface area (Å²) in [7, 11) is -4.86. The van der Waals surface area contributed by atoms with Gasteiger partial charge in [-0.05, 0) is 25.7 Å². The molecular weight excluding hydrogens is 368 g/mol. The van der Waals surface area contributed by atoms with Gasteiger partial charge in [-0.15, -0.1) is 4.28 Å². The molecule has 0 unspecified atom stereocenters. The molecule has 4 amide bonds. The lowest BCUT2D eigenvalue weighted by molar-refractivity contribution is -0.151. The highest BCUT2D eigenvalue weighted by Gasteiger charge is 2.50. The highest BCUT2D eigenvalue weighted by Crippen LogP contribution is 2.32. The lowest BCUT2D eigenvalue weighted by Crippen LogP contribution is -2.56. The van der Waals surface area contributed by atoms with Crippen LogP contribution >= 0.6 is 0 Å². The number of urea groups is 1. The molecule has 3 fully saturated rings. The average Bonchev–Trinajstić information content (AvgIpc) is 2.84. The fourth-order valence-electron chi connectivity index (χ4n) is 3.90.